The van der Waals surface area contributed by atoms with Gasteiger partial charge in [-0.3, -0.25) is 0 Å². The average molecular weight is 316 g/mol. The third-order valence-electron chi connectivity index (χ3n) is 1.52. The molecule has 1 aromatic rings. The molecule has 1 aromatic carbocycles. The molecule has 0 radical (unpaired) electrons. The molecule has 0 atom stereocenters. The van der Waals surface area contributed by atoms with Crippen molar-refractivity contribution in [1.82, 2.24) is 0 Å². The van der Waals surface area contributed by atoms with E-state index >= 15 is 0 Å². The Kier molecular flexibility index (Phi) is 2.35. The summed E-state index contributed by atoms with van der Waals surface area (Å²) in [6, 6.07) is 4.42. The van der Waals surface area contributed by atoms with Gasteiger partial charge in [-0.1, -0.05) is 0 Å². The Morgan fingerprint density at radius 1 is 1.00 bits per heavy atom. The van der Waals surface area contributed by atoms with Gasteiger partial charge in [-0.05, 0) is 0 Å². The van der Waals surface area contributed by atoms with Crippen molar-refractivity contribution in [1.29, 1.82) is 0 Å². The van der Waals surface area contributed by atoms with Gasteiger partial charge in [-0.25, -0.2) is 0 Å². The zero-order valence-electron chi connectivity index (χ0n) is 6.46. The molecule has 10 heavy (non-hydrogen) atoms. The first-order valence-corrected chi connectivity index (χ1v) is 4.39. The van der Waals surface area contributed by atoms with E-state index in [1.165, 1.54) is 20.5 Å². The van der Waals surface area contributed by atoms with Crippen LogP contribution in [-0.2, 0) is 21.1 Å². The van der Waals surface area contributed by atoms with E-state index in [1.807, 2.05) is 0 Å². The van der Waals surface area contributed by atoms with Crippen LogP contribution in [0.15, 0.2) is 12.1 Å². The molecule has 0 bridgehead atoms. The number of benzene rings is 1. The normalized spacial score (nSPS) is 10.1. The summed E-state index contributed by atoms with van der Waals surface area (Å²) in [6.45, 7) is 6.43. The van der Waals surface area contributed by atoms with Gasteiger partial charge in [0.05, 0.1) is 0 Å². The first-order valence-electron chi connectivity index (χ1n) is 3.31. The Morgan fingerprint density at radius 3 is 1.80 bits per heavy atom. The number of hydrogen-bond donors (Lipinski definition) is 0. The third kappa shape index (κ3) is 1.51. The Labute approximate surface area is 74.6 Å². The van der Waals surface area contributed by atoms with E-state index in [0.29, 0.717) is 0 Å². The van der Waals surface area contributed by atoms with Crippen molar-refractivity contribution in [2.24, 2.45) is 0 Å². The van der Waals surface area contributed by atoms with Crippen LogP contribution in [0.3, 0.4) is 0 Å². The van der Waals surface area contributed by atoms with Gasteiger partial charge < -0.3 is 0 Å². The number of aryl methyl sites for hydroxylation is 3. The van der Waals surface area contributed by atoms with E-state index < -0.39 is 0 Å². The molecule has 0 heterocycles. The van der Waals surface area contributed by atoms with E-state index in [0.717, 1.165) is 0 Å². The molecule has 0 saturated carbocycles. The van der Waals surface area contributed by atoms with Gasteiger partial charge in [0.15, 0.2) is 0 Å². The monoisotopic (exact) mass is 316 g/mol. The summed E-state index contributed by atoms with van der Waals surface area (Å²) in [4.78, 5) is 0. The molecule has 0 amide bonds. The van der Waals surface area contributed by atoms with Gasteiger partial charge in [0, 0.05) is 0 Å². The van der Waals surface area contributed by atoms with E-state index in [4.69, 9.17) is 0 Å². The summed E-state index contributed by atoms with van der Waals surface area (Å²) >= 11 is 2.57. The number of rotatable bonds is 0. The van der Waals surface area contributed by atoms with Gasteiger partial charge >= 0.3 is 74.4 Å². The minimum absolute atomic E-state index is 1.35. The summed E-state index contributed by atoms with van der Waals surface area (Å²) in [5.74, 6) is 0. The second-order valence-electron chi connectivity index (χ2n) is 2.67. The van der Waals surface area contributed by atoms with Crippen molar-refractivity contribution in [3.8, 4) is 0 Å². The number of hydrogen-bond acceptors (Lipinski definition) is 0. The molecule has 0 saturated heterocycles. The van der Waals surface area contributed by atoms with Crippen molar-refractivity contribution in [3.63, 3.8) is 0 Å². The summed E-state index contributed by atoms with van der Waals surface area (Å²) in [5, 5.41) is 0. The first-order chi connectivity index (χ1) is 4.61. The minimum atomic E-state index is 1.35. The molecule has 0 nitrogen and oxygen atoms in total. The van der Waals surface area contributed by atoms with Crippen LogP contribution in [0.2, 0.25) is 0 Å². The van der Waals surface area contributed by atoms with Crippen LogP contribution < -0.4 is 3.78 Å². The predicted molar refractivity (Wildman–Crippen MR) is 40.3 cm³/mol. The molecule has 0 aliphatic carbocycles. The summed E-state index contributed by atoms with van der Waals surface area (Å²) in [7, 11) is 0. The maximum atomic E-state index is 2.57. The fourth-order valence-corrected chi connectivity index (χ4v) is 1.46. The zero-order chi connectivity index (χ0) is 7.72. The molecule has 0 aliphatic rings. The van der Waals surface area contributed by atoms with E-state index in [1.54, 1.807) is 0 Å². The maximum absolute atomic E-state index is 2.57. The van der Waals surface area contributed by atoms with Crippen molar-refractivity contribution in [2.75, 3.05) is 0 Å². The average Bonchev–Trinajstić information content (AvgIpc) is 1.82. The standard InChI is InChI=1S/C9H11.Au/c1-7-4-8(2)6-9(3)5-7;/h4-5H,1-3H3;. The first kappa shape index (κ1) is 8.06. The molecule has 0 fully saturated rings. The van der Waals surface area contributed by atoms with Crippen LogP contribution >= 0.6 is 0 Å². The SMILES string of the molecule is Cc1cc(C)[c]([Au])c(C)c1. The Balaban J connectivity index is 3.31. The predicted octanol–water partition coefficient (Wildman–Crippen LogP) is 1.78. The molecule has 0 aliphatic heterocycles. The Bertz CT molecular complexity index is 228. The van der Waals surface area contributed by atoms with Gasteiger partial charge in [0.2, 0.25) is 0 Å². The molecule has 1 rings (SSSR count). The fourth-order valence-electron chi connectivity index (χ4n) is 1.15. The molecule has 0 unspecified atom stereocenters. The van der Waals surface area contributed by atoms with Crippen LogP contribution in [-0.4, -0.2) is 0 Å². The van der Waals surface area contributed by atoms with Gasteiger partial charge in [-0.2, -0.15) is 0 Å². The van der Waals surface area contributed by atoms with E-state index in [2.05, 4.69) is 54.0 Å². The van der Waals surface area contributed by atoms with Gasteiger partial charge in [0.1, 0.15) is 0 Å². The van der Waals surface area contributed by atoms with Crippen molar-refractivity contribution in [3.05, 3.63) is 28.8 Å². The fraction of sp³-hybridized carbons (Fsp3) is 0.333. The summed E-state index contributed by atoms with van der Waals surface area (Å²) < 4.78 is 1.37. The Hall–Kier alpha value is -0.0397. The van der Waals surface area contributed by atoms with Crippen molar-refractivity contribution in [2.45, 2.75) is 20.8 Å². The van der Waals surface area contributed by atoms with Gasteiger partial charge in [0.25, 0.3) is 0 Å². The molecular weight excluding hydrogens is 305 g/mol. The Morgan fingerprint density at radius 2 is 1.40 bits per heavy atom. The second kappa shape index (κ2) is 2.91. The van der Waals surface area contributed by atoms with Crippen LogP contribution in [0.5, 0.6) is 0 Å². The van der Waals surface area contributed by atoms with Crippen LogP contribution in [0, 0.1) is 20.8 Å². The quantitative estimate of drug-likeness (QED) is 0.640. The third-order valence-corrected chi connectivity index (χ3v) is 3.23. The molecular formula is C9H11Au. The van der Waals surface area contributed by atoms with Crippen LogP contribution in [0.1, 0.15) is 16.7 Å². The topological polar surface area (TPSA) is 0 Å². The van der Waals surface area contributed by atoms with Gasteiger partial charge in [-0.15, -0.1) is 0 Å². The molecule has 0 N–H and O–H groups in total. The summed E-state index contributed by atoms with van der Waals surface area (Å²) in [5.41, 5.74) is 4.10. The molecule has 1 heteroatoms. The second-order valence-corrected chi connectivity index (χ2v) is 3.76. The molecule has 0 aromatic heterocycles. The molecule has 58 valence electrons. The van der Waals surface area contributed by atoms with Crippen molar-refractivity contribution >= 4 is 3.78 Å². The van der Waals surface area contributed by atoms with E-state index in [-0.39, 0.29) is 0 Å². The van der Waals surface area contributed by atoms with Crippen LogP contribution in [0.4, 0.5) is 0 Å². The van der Waals surface area contributed by atoms with E-state index in [9.17, 15) is 0 Å². The van der Waals surface area contributed by atoms with Crippen molar-refractivity contribution < 1.29 is 21.1 Å². The molecule has 0 spiro atoms. The van der Waals surface area contributed by atoms with Crippen LogP contribution in [0.25, 0.3) is 0 Å². The summed E-state index contributed by atoms with van der Waals surface area (Å²) in [6.07, 6.45) is 0. The zero-order valence-corrected chi connectivity index (χ0v) is 8.62.